The van der Waals surface area contributed by atoms with Gasteiger partial charge in [0.25, 0.3) is 0 Å². The van der Waals surface area contributed by atoms with Gasteiger partial charge in [0.1, 0.15) is 12.2 Å². The van der Waals surface area contributed by atoms with Crippen molar-refractivity contribution in [3.8, 4) is 12.2 Å². The van der Waals surface area contributed by atoms with Crippen LogP contribution in [0.1, 0.15) is 126 Å². The van der Waals surface area contributed by atoms with Crippen LogP contribution < -0.4 is 10.6 Å². The molecule has 0 spiro atoms. The molecular formula is C37H54N2O4. The van der Waals surface area contributed by atoms with E-state index in [2.05, 4.69) is 77.3 Å². The van der Waals surface area contributed by atoms with Gasteiger partial charge >= 0.3 is 0 Å². The molecule has 2 amide bonds. The SMILES string of the molecule is CC(=O)NC#CO[C@H]1CC1NC(=O)[C@@]1(C)CC[C@]2(C)CC[C@]3(C)C(=CC(=O)[C@@H]4[C@@]5(C)CCCC(C)(C)C5CC[C@]43C)[C@@H]2C1. The number of carbonyl (C=O) groups excluding carboxylic acids is 3. The molecule has 0 aliphatic heterocycles. The normalized spacial score (nSPS) is 47.6. The molecule has 0 aromatic rings. The van der Waals surface area contributed by atoms with Gasteiger partial charge in [-0.05, 0) is 103 Å². The van der Waals surface area contributed by atoms with Gasteiger partial charge in [-0.25, -0.2) is 0 Å². The van der Waals surface area contributed by atoms with Gasteiger partial charge in [-0.3, -0.25) is 19.7 Å². The third-order valence-electron chi connectivity index (χ3n) is 14.4. The number of allylic oxidation sites excluding steroid dienone is 2. The van der Waals surface area contributed by atoms with Gasteiger partial charge in [-0.2, -0.15) is 0 Å². The summed E-state index contributed by atoms with van der Waals surface area (Å²) in [4.78, 5) is 39.3. The van der Waals surface area contributed by atoms with Crippen molar-refractivity contribution in [3.63, 3.8) is 0 Å². The Morgan fingerprint density at radius 2 is 1.67 bits per heavy atom. The van der Waals surface area contributed by atoms with Crippen molar-refractivity contribution in [2.75, 3.05) is 0 Å². The van der Waals surface area contributed by atoms with Crippen LogP contribution in [-0.2, 0) is 19.1 Å². The van der Waals surface area contributed by atoms with E-state index in [1.165, 1.54) is 31.8 Å². The second kappa shape index (κ2) is 9.85. The van der Waals surface area contributed by atoms with E-state index >= 15 is 0 Å². The third kappa shape index (κ3) is 4.61. The molecule has 6 heteroatoms. The van der Waals surface area contributed by atoms with Crippen molar-refractivity contribution in [2.45, 2.75) is 138 Å². The molecule has 2 unspecified atom stereocenters. The summed E-state index contributed by atoms with van der Waals surface area (Å²) in [7, 11) is 0. The van der Waals surface area contributed by atoms with Gasteiger partial charge in [-0.1, -0.05) is 60.5 Å². The average Bonchev–Trinajstić information content (AvgIpc) is 3.65. The van der Waals surface area contributed by atoms with Crippen LogP contribution in [0, 0.1) is 62.4 Å². The molecule has 236 valence electrons. The summed E-state index contributed by atoms with van der Waals surface area (Å²) in [6.07, 6.45) is 16.2. The summed E-state index contributed by atoms with van der Waals surface area (Å²) in [5.74, 6) is 1.15. The topological polar surface area (TPSA) is 84.5 Å². The van der Waals surface area contributed by atoms with Crippen LogP contribution in [0.25, 0.3) is 0 Å². The first-order valence-corrected chi connectivity index (χ1v) is 17.0. The molecular weight excluding hydrogens is 536 g/mol. The average molecular weight is 591 g/mol. The molecule has 6 rings (SSSR count). The van der Waals surface area contributed by atoms with Gasteiger partial charge in [0.2, 0.25) is 11.8 Å². The van der Waals surface area contributed by atoms with Gasteiger partial charge in [0.15, 0.2) is 5.78 Å². The van der Waals surface area contributed by atoms with Crippen LogP contribution in [0.4, 0.5) is 0 Å². The molecule has 0 heterocycles. The summed E-state index contributed by atoms with van der Waals surface area (Å²) in [6.45, 7) is 18.3. The van der Waals surface area contributed by atoms with E-state index in [1.807, 2.05) is 0 Å². The summed E-state index contributed by atoms with van der Waals surface area (Å²) in [5, 5.41) is 5.65. The van der Waals surface area contributed by atoms with E-state index in [4.69, 9.17) is 4.74 Å². The van der Waals surface area contributed by atoms with Gasteiger partial charge < -0.3 is 10.1 Å². The summed E-state index contributed by atoms with van der Waals surface area (Å²) >= 11 is 0. The van der Waals surface area contributed by atoms with Gasteiger partial charge in [0.05, 0.1) is 12.1 Å². The highest BCUT2D eigenvalue weighted by Gasteiger charge is 2.69. The number of rotatable bonds is 3. The maximum atomic E-state index is 14.5. The van der Waals surface area contributed by atoms with E-state index < -0.39 is 5.41 Å². The van der Waals surface area contributed by atoms with Crippen molar-refractivity contribution in [3.05, 3.63) is 11.6 Å². The summed E-state index contributed by atoms with van der Waals surface area (Å²) in [6, 6.07) is 2.45. The van der Waals surface area contributed by atoms with E-state index in [0.29, 0.717) is 11.7 Å². The zero-order chi connectivity index (χ0) is 31.2. The van der Waals surface area contributed by atoms with E-state index in [0.717, 1.165) is 51.4 Å². The molecule has 43 heavy (non-hydrogen) atoms. The Morgan fingerprint density at radius 1 is 0.953 bits per heavy atom. The second-order valence-corrected chi connectivity index (χ2v) is 17.5. The lowest BCUT2D eigenvalue weighted by Gasteiger charge is -2.70. The highest BCUT2D eigenvalue weighted by atomic mass is 16.5. The number of hydrogen-bond donors (Lipinski definition) is 2. The molecule has 0 radical (unpaired) electrons. The Morgan fingerprint density at radius 3 is 2.40 bits per heavy atom. The van der Waals surface area contributed by atoms with Gasteiger partial charge in [0, 0.05) is 24.7 Å². The van der Waals surface area contributed by atoms with Crippen molar-refractivity contribution >= 4 is 17.6 Å². The van der Waals surface area contributed by atoms with Crippen molar-refractivity contribution < 1.29 is 19.1 Å². The molecule has 0 bridgehead atoms. The number of carbonyl (C=O) groups is 3. The second-order valence-electron chi connectivity index (χ2n) is 17.5. The van der Waals surface area contributed by atoms with Crippen LogP contribution in [-0.4, -0.2) is 29.7 Å². The van der Waals surface area contributed by atoms with E-state index in [9.17, 15) is 14.4 Å². The molecule has 6 aliphatic rings. The zero-order valence-corrected chi connectivity index (χ0v) is 27.9. The fourth-order valence-electron chi connectivity index (χ4n) is 11.5. The van der Waals surface area contributed by atoms with Crippen molar-refractivity contribution in [2.24, 2.45) is 50.2 Å². The minimum Gasteiger partial charge on any atom is -0.440 e. The monoisotopic (exact) mass is 590 g/mol. The highest BCUT2D eigenvalue weighted by molar-refractivity contribution is 5.95. The standard InChI is InChI=1S/C37H54N2O4/c1-23(40)38-18-19-43-28-21-26(28)39-31(42)34(5)15-14-33(4)16-17-36(7)24(25(33)22-34)20-27(41)30-35(6)12-9-11-32(2,3)29(35)10-13-37(30,36)8/h20,25-26,28-30H,9-17,21-22H2,1-8H3,(H,38,40)(H,39,42)/t25-,26?,28-,29?,30+,33+,34-,35-,36+,37+/m0/s1. The zero-order valence-electron chi connectivity index (χ0n) is 27.9. The Bertz CT molecular complexity index is 1320. The first-order valence-electron chi connectivity index (χ1n) is 17.0. The third-order valence-corrected chi connectivity index (χ3v) is 14.4. The lowest BCUT2D eigenvalue weighted by atomic mass is 9.33. The Kier molecular flexibility index (Phi) is 7.04. The molecule has 10 atom stereocenters. The lowest BCUT2D eigenvalue weighted by molar-refractivity contribution is -0.185. The van der Waals surface area contributed by atoms with Crippen LogP contribution in [0.3, 0.4) is 0 Å². The lowest BCUT2D eigenvalue weighted by Crippen LogP contribution is -2.65. The van der Waals surface area contributed by atoms with E-state index in [-0.39, 0.29) is 62.9 Å². The molecule has 0 aromatic heterocycles. The maximum Gasteiger partial charge on any atom is 0.228 e. The number of ketones is 1. The van der Waals surface area contributed by atoms with Crippen molar-refractivity contribution in [1.29, 1.82) is 0 Å². The molecule has 0 aromatic carbocycles. The predicted octanol–water partition coefficient (Wildman–Crippen LogP) is 6.69. The number of nitrogens with one attached hydrogen (secondary N) is 2. The van der Waals surface area contributed by atoms with Crippen molar-refractivity contribution in [1.82, 2.24) is 10.6 Å². The molecule has 5 fully saturated rings. The minimum atomic E-state index is -0.490. The highest BCUT2D eigenvalue weighted by Crippen LogP contribution is 2.75. The Balaban J connectivity index is 1.25. The molecule has 6 aliphatic carbocycles. The van der Waals surface area contributed by atoms with Crippen LogP contribution in [0.2, 0.25) is 0 Å². The van der Waals surface area contributed by atoms with E-state index in [1.54, 1.807) is 0 Å². The molecule has 0 saturated heterocycles. The summed E-state index contributed by atoms with van der Waals surface area (Å²) in [5.41, 5.74) is 1.24. The first-order chi connectivity index (χ1) is 20.0. The number of amides is 2. The number of hydrogen-bond acceptors (Lipinski definition) is 4. The predicted molar refractivity (Wildman–Crippen MR) is 167 cm³/mol. The fourth-order valence-corrected chi connectivity index (χ4v) is 11.5. The maximum absolute atomic E-state index is 14.5. The number of fused-ring (bicyclic) bond motifs is 7. The molecule has 5 saturated carbocycles. The van der Waals surface area contributed by atoms with Crippen LogP contribution in [0.15, 0.2) is 11.6 Å². The van der Waals surface area contributed by atoms with Crippen LogP contribution in [0.5, 0.6) is 0 Å². The summed E-state index contributed by atoms with van der Waals surface area (Å²) < 4.78 is 5.52. The molecule has 6 nitrogen and oxygen atoms in total. The first kappa shape index (κ1) is 30.7. The fraction of sp³-hybridized carbons (Fsp3) is 0.811. The Labute approximate surface area is 259 Å². The van der Waals surface area contributed by atoms with Gasteiger partial charge in [-0.15, -0.1) is 0 Å². The number of ether oxygens (including phenoxy) is 1. The Hall–Kier alpha value is -2.29. The minimum absolute atomic E-state index is 0.0257. The molecule has 2 N–H and O–H groups in total. The smallest absolute Gasteiger partial charge is 0.228 e. The van der Waals surface area contributed by atoms with Crippen LogP contribution >= 0.6 is 0 Å². The largest absolute Gasteiger partial charge is 0.440 e. The quantitative estimate of drug-likeness (QED) is 0.284.